The molecule has 0 saturated carbocycles. The average Bonchev–Trinajstić information content (AvgIpc) is 2.50. The Kier molecular flexibility index (Phi) is 1.66. The van der Waals surface area contributed by atoms with Crippen LogP contribution in [-0.2, 0) is 0 Å². The largest absolute Gasteiger partial charge is 0.388 e. The highest BCUT2D eigenvalue weighted by molar-refractivity contribution is 7.99. The SMILES string of the molecule is CNc1ccc2c(c1)SCN2. The standard InChI is InChI=1S/C8H10N2S/c1-9-6-2-3-7-8(4-6)11-5-10-7/h2-4,9-10H,5H2,1H3. The van der Waals surface area contributed by atoms with E-state index in [0.717, 1.165) is 5.88 Å². The molecule has 0 bridgehead atoms. The summed E-state index contributed by atoms with van der Waals surface area (Å²) in [5.41, 5.74) is 2.44. The van der Waals surface area contributed by atoms with Crippen molar-refractivity contribution in [2.24, 2.45) is 0 Å². The zero-order chi connectivity index (χ0) is 7.68. The van der Waals surface area contributed by atoms with Gasteiger partial charge in [-0.3, -0.25) is 0 Å². The van der Waals surface area contributed by atoms with Gasteiger partial charge in [0.05, 0.1) is 5.88 Å². The lowest BCUT2D eigenvalue weighted by Crippen LogP contribution is -1.89. The van der Waals surface area contributed by atoms with Crippen LogP contribution in [0.3, 0.4) is 0 Å². The van der Waals surface area contributed by atoms with E-state index in [1.165, 1.54) is 16.3 Å². The van der Waals surface area contributed by atoms with E-state index in [0.29, 0.717) is 0 Å². The minimum atomic E-state index is 1.00. The van der Waals surface area contributed by atoms with Gasteiger partial charge in [0, 0.05) is 23.3 Å². The van der Waals surface area contributed by atoms with Gasteiger partial charge in [0.15, 0.2) is 0 Å². The highest BCUT2D eigenvalue weighted by Crippen LogP contribution is 2.35. The lowest BCUT2D eigenvalue weighted by molar-refractivity contribution is 1.40. The van der Waals surface area contributed by atoms with Gasteiger partial charge in [0.25, 0.3) is 0 Å². The van der Waals surface area contributed by atoms with Crippen LogP contribution in [0.5, 0.6) is 0 Å². The van der Waals surface area contributed by atoms with Crippen molar-refractivity contribution >= 4 is 23.1 Å². The Morgan fingerprint density at radius 1 is 1.55 bits per heavy atom. The molecule has 58 valence electrons. The van der Waals surface area contributed by atoms with Crippen molar-refractivity contribution in [3.8, 4) is 0 Å². The molecule has 0 saturated heterocycles. The molecule has 2 N–H and O–H groups in total. The number of fused-ring (bicyclic) bond motifs is 1. The summed E-state index contributed by atoms with van der Waals surface area (Å²) in [5, 5.41) is 6.40. The number of anilines is 2. The van der Waals surface area contributed by atoms with Gasteiger partial charge in [-0.15, -0.1) is 11.8 Å². The maximum atomic E-state index is 3.29. The molecule has 2 rings (SSSR count). The van der Waals surface area contributed by atoms with E-state index in [1.807, 2.05) is 18.8 Å². The van der Waals surface area contributed by atoms with E-state index in [4.69, 9.17) is 0 Å². The summed E-state index contributed by atoms with van der Waals surface area (Å²) >= 11 is 1.85. The molecule has 0 fully saturated rings. The second-order valence-corrected chi connectivity index (χ2v) is 3.44. The van der Waals surface area contributed by atoms with Gasteiger partial charge in [0.2, 0.25) is 0 Å². The van der Waals surface area contributed by atoms with Crippen LogP contribution in [-0.4, -0.2) is 12.9 Å². The summed E-state index contributed by atoms with van der Waals surface area (Å²) in [6, 6.07) is 6.36. The molecule has 1 aromatic carbocycles. The predicted molar refractivity (Wildman–Crippen MR) is 50.3 cm³/mol. The summed E-state index contributed by atoms with van der Waals surface area (Å²) in [6.45, 7) is 0. The molecule has 1 aromatic rings. The fourth-order valence-corrected chi connectivity index (χ4v) is 2.02. The summed E-state index contributed by atoms with van der Waals surface area (Å²) < 4.78 is 0. The monoisotopic (exact) mass is 166 g/mol. The van der Waals surface area contributed by atoms with Gasteiger partial charge < -0.3 is 10.6 Å². The predicted octanol–water partition coefficient (Wildman–Crippen LogP) is 2.20. The highest BCUT2D eigenvalue weighted by Gasteiger charge is 2.09. The number of benzene rings is 1. The first-order valence-electron chi connectivity index (χ1n) is 3.58. The van der Waals surface area contributed by atoms with Crippen molar-refractivity contribution in [3.63, 3.8) is 0 Å². The van der Waals surface area contributed by atoms with Crippen LogP contribution in [0.4, 0.5) is 11.4 Å². The van der Waals surface area contributed by atoms with E-state index in [2.05, 4.69) is 28.8 Å². The molecule has 3 heteroatoms. The van der Waals surface area contributed by atoms with Gasteiger partial charge in [-0.05, 0) is 18.2 Å². The Morgan fingerprint density at radius 2 is 2.45 bits per heavy atom. The van der Waals surface area contributed by atoms with E-state index in [9.17, 15) is 0 Å². The first-order chi connectivity index (χ1) is 5.40. The molecule has 0 atom stereocenters. The third kappa shape index (κ3) is 1.16. The minimum Gasteiger partial charge on any atom is -0.388 e. The number of nitrogens with one attached hydrogen (secondary N) is 2. The first-order valence-corrected chi connectivity index (χ1v) is 4.57. The fourth-order valence-electron chi connectivity index (χ4n) is 1.13. The first kappa shape index (κ1) is 6.85. The van der Waals surface area contributed by atoms with E-state index < -0.39 is 0 Å². The molecule has 0 amide bonds. The Balaban J connectivity index is 2.41. The Hall–Kier alpha value is -0.830. The average molecular weight is 166 g/mol. The van der Waals surface area contributed by atoms with Crippen LogP contribution >= 0.6 is 11.8 Å². The summed E-state index contributed by atoms with van der Waals surface area (Å²) in [6.07, 6.45) is 0. The Morgan fingerprint density at radius 3 is 3.27 bits per heavy atom. The summed E-state index contributed by atoms with van der Waals surface area (Å²) in [7, 11) is 1.94. The number of rotatable bonds is 1. The zero-order valence-corrected chi connectivity index (χ0v) is 7.16. The molecule has 0 aliphatic carbocycles. The maximum absolute atomic E-state index is 3.29. The number of hydrogen-bond acceptors (Lipinski definition) is 3. The van der Waals surface area contributed by atoms with Gasteiger partial charge in [-0.1, -0.05) is 0 Å². The molecule has 2 nitrogen and oxygen atoms in total. The van der Waals surface area contributed by atoms with E-state index in [1.54, 1.807) is 0 Å². The lowest BCUT2D eigenvalue weighted by atomic mass is 10.3. The van der Waals surface area contributed by atoms with Crippen LogP contribution in [0, 0.1) is 0 Å². The quantitative estimate of drug-likeness (QED) is 0.669. The van der Waals surface area contributed by atoms with Crippen molar-refractivity contribution in [3.05, 3.63) is 18.2 Å². The molecule has 0 aromatic heterocycles. The molecule has 0 radical (unpaired) electrons. The fraction of sp³-hybridized carbons (Fsp3) is 0.250. The Bertz CT molecular complexity index is 273. The van der Waals surface area contributed by atoms with Crippen molar-refractivity contribution in [1.29, 1.82) is 0 Å². The zero-order valence-electron chi connectivity index (χ0n) is 6.35. The van der Waals surface area contributed by atoms with Crippen molar-refractivity contribution < 1.29 is 0 Å². The third-order valence-electron chi connectivity index (χ3n) is 1.76. The third-order valence-corrected chi connectivity index (χ3v) is 2.70. The molecule has 11 heavy (non-hydrogen) atoms. The molecule has 1 aliphatic rings. The van der Waals surface area contributed by atoms with E-state index >= 15 is 0 Å². The van der Waals surface area contributed by atoms with Crippen LogP contribution in [0.1, 0.15) is 0 Å². The second kappa shape index (κ2) is 2.66. The molecule has 0 spiro atoms. The van der Waals surface area contributed by atoms with Crippen LogP contribution in [0.25, 0.3) is 0 Å². The van der Waals surface area contributed by atoms with Gasteiger partial charge >= 0.3 is 0 Å². The van der Waals surface area contributed by atoms with Gasteiger partial charge in [-0.25, -0.2) is 0 Å². The highest BCUT2D eigenvalue weighted by atomic mass is 32.2. The number of hydrogen-bond donors (Lipinski definition) is 2. The maximum Gasteiger partial charge on any atom is 0.0658 e. The smallest absolute Gasteiger partial charge is 0.0658 e. The van der Waals surface area contributed by atoms with Gasteiger partial charge in [0.1, 0.15) is 0 Å². The van der Waals surface area contributed by atoms with Crippen molar-refractivity contribution in [2.45, 2.75) is 4.90 Å². The molecular formula is C8H10N2S. The minimum absolute atomic E-state index is 1.00. The van der Waals surface area contributed by atoms with Crippen molar-refractivity contribution in [2.75, 3.05) is 23.6 Å². The molecule has 0 unspecified atom stereocenters. The molecular weight excluding hydrogens is 156 g/mol. The van der Waals surface area contributed by atoms with Crippen LogP contribution in [0.15, 0.2) is 23.1 Å². The van der Waals surface area contributed by atoms with Gasteiger partial charge in [-0.2, -0.15) is 0 Å². The summed E-state index contributed by atoms with van der Waals surface area (Å²) in [5.74, 6) is 1.00. The van der Waals surface area contributed by atoms with E-state index in [-0.39, 0.29) is 0 Å². The molecule has 1 heterocycles. The Labute approximate surface area is 70.4 Å². The topological polar surface area (TPSA) is 24.1 Å². The van der Waals surface area contributed by atoms with Crippen LogP contribution < -0.4 is 10.6 Å². The van der Waals surface area contributed by atoms with Crippen LogP contribution in [0.2, 0.25) is 0 Å². The second-order valence-electron chi connectivity index (χ2n) is 2.43. The van der Waals surface area contributed by atoms with Crippen molar-refractivity contribution in [1.82, 2.24) is 0 Å². The molecule has 1 aliphatic heterocycles. The summed E-state index contributed by atoms with van der Waals surface area (Å²) in [4.78, 5) is 1.34. The normalized spacial score (nSPS) is 13.9. The lowest BCUT2D eigenvalue weighted by Gasteiger charge is -2.01. The number of thioether (sulfide) groups is 1.